The third kappa shape index (κ3) is 3.42. The predicted octanol–water partition coefficient (Wildman–Crippen LogP) is 5.09. The third-order valence-corrected chi connectivity index (χ3v) is 7.89. The first kappa shape index (κ1) is 19.0. The van der Waals surface area contributed by atoms with Crippen molar-refractivity contribution in [3.8, 4) is 0 Å². The van der Waals surface area contributed by atoms with Crippen molar-refractivity contribution in [2.75, 3.05) is 31.1 Å². The molecule has 1 aliphatic heterocycles. The maximum Gasteiger partial charge on any atom is 0.141 e. The normalized spacial score (nSPS) is 16.9. The molecule has 156 valence electrons. The Labute approximate surface area is 187 Å². The lowest BCUT2D eigenvalue weighted by Gasteiger charge is -2.40. The van der Waals surface area contributed by atoms with Crippen LogP contribution in [0.4, 0.5) is 5.82 Å². The molecule has 0 bridgehead atoms. The van der Waals surface area contributed by atoms with Crippen molar-refractivity contribution in [2.45, 2.75) is 25.3 Å². The van der Waals surface area contributed by atoms with Crippen LogP contribution < -0.4 is 4.90 Å². The highest BCUT2D eigenvalue weighted by Gasteiger charge is 2.29. The lowest BCUT2D eigenvalue weighted by molar-refractivity contribution is 0.212. The topological polar surface area (TPSA) is 32.3 Å². The summed E-state index contributed by atoms with van der Waals surface area (Å²) < 4.78 is 0. The average molecular weight is 427 g/mol. The van der Waals surface area contributed by atoms with Crippen molar-refractivity contribution in [3.63, 3.8) is 0 Å². The smallest absolute Gasteiger partial charge is 0.141 e. The second-order valence-electron chi connectivity index (χ2n) is 8.48. The molecule has 1 aliphatic carbocycles. The van der Waals surface area contributed by atoms with Gasteiger partial charge in [-0.05, 0) is 36.0 Å². The standard InChI is InChI=1S/C26H26N4S/c1-3-8-19(9-4-1)24(20-10-5-2-6-11-20)29-14-16-30(17-15-29)25-23-21-12-7-13-22(21)31-26(23)28-18-27-25/h1-6,8-11,18,24H,7,12-17H2. The first-order valence-electron chi connectivity index (χ1n) is 11.2. The van der Waals surface area contributed by atoms with Gasteiger partial charge in [0.1, 0.15) is 17.0 Å². The Kier molecular flexibility index (Phi) is 4.93. The number of hydrogen-bond donors (Lipinski definition) is 0. The van der Waals surface area contributed by atoms with E-state index in [9.17, 15) is 0 Å². The number of rotatable bonds is 4. The fourth-order valence-electron chi connectivity index (χ4n) is 5.23. The number of anilines is 1. The molecule has 0 spiro atoms. The molecule has 4 nitrogen and oxygen atoms in total. The van der Waals surface area contributed by atoms with E-state index in [1.54, 1.807) is 6.33 Å². The van der Waals surface area contributed by atoms with Gasteiger partial charge in [-0.3, -0.25) is 4.90 Å². The van der Waals surface area contributed by atoms with Crippen LogP contribution >= 0.6 is 11.3 Å². The number of aryl methyl sites for hydroxylation is 2. The third-order valence-electron chi connectivity index (χ3n) is 6.69. The zero-order valence-electron chi connectivity index (χ0n) is 17.6. The highest BCUT2D eigenvalue weighted by Crippen LogP contribution is 2.40. The summed E-state index contributed by atoms with van der Waals surface area (Å²) in [6.45, 7) is 4.03. The fourth-order valence-corrected chi connectivity index (χ4v) is 6.45. The predicted molar refractivity (Wildman–Crippen MR) is 128 cm³/mol. The van der Waals surface area contributed by atoms with Gasteiger partial charge in [0.15, 0.2) is 0 Å². The number of hydrogen-bond acceptors (Lipinski definition) is 5. The van der Waals surface area contributed by atoms with E-state index in [1.165, 1.54) is 51.0 Å². The van der Waals surface area contributed by atoms with Crippen LogP contribution in [0.5, 0.6) is 0 Å². The Balaban J connectivity index is 1.29. The molecule has 31 heavy (non-hydrogen) atoms. The molecule has 4 aromatic rings. The molecule has 0 saturated carbocycles. The van der Waals surface area contributed by atoms with Crippen molar-refractivity contribution in [1.82, 2.24) is 14.9 Å². The van der Waals surface area contributed by atoms with Crippen LogP contribution in [-0.2, 0) is 12.8 Å². The van der Waals surface area contributed by atoms with Crippen molar-refractivity contribution in [3.05, 3.63) is 88.6 Å². The number of aromatic nitrogens is 2. The minimum Gasteiger partial charge on any atom is -0.353 e. The van der Waals surface area contributed by atoms with Crippen LogP contribution in [0.25, 0.3) is 10.2 Å². The number of fused-ring (bicyclic) bond motifs is 3. The van der Waals surface area contributed by atoms with Gasteiger partial charge in [0.25, 0.3) is 0 Å². The van der Waals surface area contributed by atoms with Crippen molar-refractivity contribution in [2.24, 2.45) is 0 Å². The summed E-state index contributed by atoms with van der Waals surface area (Å²) >= 11 is 1.88. The summed E-state index contributed by atoms with van der Waals surface area (Å²) in [6, 6.07) is 22.1. The van der Waals surface area contributed by atoms with E-state index in [4.69, 9.17) is 4.98 Å². The lowest BCUT2D eigenvalue weighted by Crippen LogP contribution is -2.48. The molecule has 1 fully saturated rings. The van der Waals surface area contributed by atoms with Crippen LogP contribution in [0, 0.1) is 0 Å². The number of nitrogens with zero attached hydrogens (tertiary/aromatic N) is 4. The highest BCUT2D eigenvalue weighted by molar-refractivity contribution is 7.19. The van der Waals surface area contributed by atoms with Gasteiger partial charge < -0.3 is 4.90 Å². The Morgan fingerprint density at radius 3 is 2.13 bits per heavy atom. The van der Waals surface area contributed by atoms with Crippen LogP contribution in [0.15, 0.2) is 67.0 Å². The highest BCUT2D eigenvalue weighted by atomic mass is 32.1. The van der Waals surface area contributed by atoms with Gasteiger partial charge in [0, 0.05) is 31.1 Å². The molecule has 2 aromatic heterocycles. The van der Waals surface area contributed by atoms with Gasteiger partial charge in [-0.2, -0.15) is 0 Å². The minimum atomic E-state index is 0.292. The molecule has 1 saturated heterocycles. The summed E-state index contributed by atoms with van der Waals surface area (Å²) in [5.41, 5.74) is 4.24. The second kappa shape index (κ2) is 8.06. The molecule has 5 heteroatoms. The van der Waals surface area contributed by atoms with E-state index < -0.39 is 0 Å². The van der Waals surface area contributed by atoms with Crippen LogP contribution in [0.3, 0.4) is 0 Å². The molecule has 0 radical (unpaired) electrons. The summed E-state index contributed by atoms with van der Waals surface area (Å²) in [5, 5.41) is 1.33. The van der Waals surface area contributed by atoms with Crippen LogP contribution in [0.1, 0.15) is 34.0 Å². The summed E-state index contributed by atoms with van der Waals surface area (Å²) in [6.07, 6.45) is 5.42. The maximum absolute atomic E-state index is 4.77. The molecule has 6 rings (SSSR count). The van der Waals surface area contributed by atoms with Crippen molar-refractivity contribution < 1.29 is 0 Å². The molecule has 0 amide bonds. The van der Waals surface area contributed by atoms with Crippen molar-refractivity contribution in [1.29, 1.82) is 0 Å². The Morgan fingerprint density at radius 1 is 0.774 bits per heavy atom. The quantitative estimate of drug-likeness (QED) is 0.455. The summed E-state index contributed by atoms with van der Waals surface area (Å²) in [4.78, 5) is 17.2. The Bertz CT molecular complexity index is 1140. The van der Waals surface area contributed by atoms with Gasteiger partial charge in [-0.25, -0.2) is 9.97 Å². The van der Waals surface area contributed by atoms with E-state index in [2.05, 4.69) is 75.4 Å². The van der Waals surface area contributed by atoms with E-state index in [0.717, 1.165) is 32.0 Å². The minimum absolute atomic E-state index is 0.292. The maximum atomic E-state index is 4.77. The van der Waals surface area contributed by atoms with E-state index in [0.29, 0.717) is 6.04 Å². The molecule has 0 unspecified atom stereocenters. The lowest BCUT2D eigenvalue weighted by atomic mass is 9.96. The molecule has 2 aromatic carbocycles. The molecule has 2 aliphatic rings. The van der Waals surface area contributed by atoms with Gasteiger partial charge in [0.05, 0.1) is 11.4 Å². The molecule has 0 N–H and O–H groups in total. The molecule has 0 atom stereocenters. The molecular weight excluding hydrogens is 400 g/mol. The first-order chi connectivity index (χ1) is 15.4. The van der Waals surface area contributed by atoms with E-state index >= 15 is 0 Å². The van der Waals surface area contributed by atoms with E-state index in [1.807, 2.05) is 11.3 Å². The molecule has 3 heterocycles. The summed E-state index contributed by atoms with van der Waals surface area (Å²) in [5.74, 6) is 1.15. The largest absolute Gasteiger partial charge is 0.353 e. The Morgan fingerprint density at radius 2 is 1.45 bits per heavy atom. The fraction of sp³-hybridized carbons (Fsp3) is 0.308. The van der Waals surface area contributed by atoms with Crippen LogP contribution in [-0.4, -0.2) is 41.0 Å². The van der Waals surface area contributed by atoms with Crippen molar-refractivity contribution >= 4 is 27.4 Å². The van der Waals surface area contributed by atoms with Gasteiger partial charge in [-0.1, -0.05) is 60.7 Å². The number of benzene rings is 2. The zero-order chi connectivity index (χ0) is 20.6. The first-order valence-corrected chi connectivity index (χ1v) is 12.0. The van der Waals surface area contributed by atoms with Crippen LogP contribution in [0.2, 0.25) is 0 Å². The zero-order valence-corrected chi connectivity index (χ0v) is 18.4. The monoisotopic (exact) mass is 426 g/mol. The average Bonchev–Trinajstić information content (AvgIpc) is 3.42. The number of thiophene rings is 1. The van der Waals surface area contributed by atoms with Gasteiger partial charge in [0.2, 0.25) is 0 Å². The second-order valence-corrected chi connectivity index (χ2v) is 9.57. The Hall–Kier alpha value is -2.76. The van der Waals surface area contributed by atoms with Gasteiger partial charge in [-0.15, -0.1) is 11.3 Å². The summed E-state index contributed by atoms with van der Waals surface area (Å²) in [7, 11) is 0. The van der Waals surface area contributed by atoms with E-state index in [-0.39, 0.29) is 0 Å². The SMILES string of the molecule is c1ccc(C(c2ccccc2)N2CCN(c3ncnc4sc5c(c34)CCC5)CC2)cc1. The van der Waals surface area contributed by atoms with Gasteiger partial charge >= 0.3 is 0 Å². The molecular formula is C26H26N4S. The number of piperazine rings is 1.